The van der Waals surface area contributed by atoms with Gasteiger partial charge < -0.3 is 9.73 Å². The Bertz CT molecular complexity index is 845. The molecular weight excluding hydrogens is 421 g/mol. The topological polar surface area (TPSA) is 42.2 Å². The summed E-state index contributed by atoms with van der Waals surface area (Å²) in [7, 11) is 0. The maximum Gasteiger partial charge on any atom is 0.291 e. The van der Waals surface area contributed by atoms with Gasteiger partial charge in [-0.05, 0) is 58.4 Å². The lowest BCUT2D eigenvalue weighted by atomic mass is 10.2. The van der Waals surface area contributed by atoms with E-state index in [-0.39, 0.29) is 11.7 Å². The molecule has 2 aromatic carbocycles. The van der Waals surface area contributed by atoms with Gasteiger partial charge in [-0.3, -0.25) is 4.79 Å². The Balaban J connectivity index is 1.87. The van der Waals surface area contributed by atoms with Crippen LogP contribution in [0.5, 0.6) is 0 Å². The number of benzene rings is 2. The molecule has 0 radical (unpaired) electrons. The molecule has 3 rings (SSSR count). The maximum absolute atomic E-state index is 12.2. The van der Waals surface area contributed by atoms with Gasteiger partial charge in [-0.2, -0.15) is 0 Å². The molecule has 6 heteroatoms. The molecule has 0 spiro atoms. The van der Waals surface area contributed by atoms with Gasteiger partial charge in [-0.15, -0.1) is 0 Å². The number of halogens is 3. The van der Waals surface area contributed by atoms with Crippen LogP contribution in [0, 0.1) is 0 Å². The molecule has 1 aromatic heterocycles. The molecule has 0 saturated carbocycles. The molecule has 1 amide bonds. The van der Waals surface area contributed by atoms with Crippen LogP contribution in [0.1, 0.15) is 10.6 Å². The molecule has 0 saturated heterocycles. The van der Waals surface area contributed by atoms with Crippen molar-refractivity contribution in [3.63, 3.8) is 0 Å². The van der Waals surface area contributed by atoms with Crippen molar-refractivity contribution in [2.75, 3.05) is 5.32 Å². The van der Waals surface area contributed by atoms with Crippen molar-refractivity contribution in [3.8, 4) is 0 Å². The number of fused-ring (bicyclic) bond motifs is 1. The average molecular weight is 429 g/mol. The molecule has 3 aromatic rings. The van der Waals surface area contributed by atoms with Gasteiger partial charge in [0.05, 0.1) is 5.02 Å². The van der Waals surface area contributed by atoms with E-state index in [2.05, 4.69) is 37.2 Å². The van der Waals surface area contributed by atoms with Crippen molar-refractivity contribution in [2.24, 2.45) is 0 Å². The number of hydrogen-bond donors (Lipinski definition) is 1. The van der Waals surface area contributed by atoms with Crippen molar-refractivity contribution in [3.05, 3.63) is 62.2 Å². The highest BCUT2D eigenvalue weighted by Gasteiger charge is 2.13. The fourth-order valence-electron chi connectivity index (χ4n) is 1.89. The standard InChI is InChI=1S/C15H8Br2ClNO2/c16-9-1-4-13-8(5-9)6-14(21-13)15(20)19-10-2-3-11(17)12(18)7-10/h1-7H,(H,19,20). The van der Waals surface area contributed by atoms with Crippen LogP contribution in [0.2, 0.25) is 5.02 Å². The number of furan rings is 1. The summed E-state index contributed by atoms with van der Waals surface area (Å²) >= 11 is 12.7. The molecule has 106 valence electrons. The predicted octanol–water partition coefficient (Wildman–Crippen LogP) is 5.86. The first-order chi connectivity index (χ1) is 10.0. The lowest BCUT2D eigenvalue weighted by Gasteiger charge is -2.04. The van der Waals surface area contributed by atoms with E-state index >= 15 is 0 Å². The second kappa shape index (κ2) is 5.83. The van der Waals surface area contributed by atoms with E-state index in [0.717, 1.165) is 14.3 Å². The Morgan fingerprint density at radius 3 is 2.67 bits per heavy atom. The normalized spacial score (nSPS) is 10.8. The summed E-state index contributed by atoms with van der Waals surface area (Å²) in [4.78, 5) is 12.2. The van der Waals surface area contributed by atoms with Gasteiger partial charge in [0.1, 0.15) is 5.58 Å². The SMILES string of the molecule is O=C(Nc1ccc(Br)c(Cl)c1)c1cc2cc(Br)ccc2o1. The van der Waals surface area contributed by atoms with Crippen molar-refractivity contribution >= 4 is 66.0 Å². The zero-order valence-electron chi connectivity index (χ0n) is 10.5. The van der Waals surface area contributed by atoms with E-state index in [0.29, 0.717) is 16.3 Å². The minimum absolute atomic E-state index is 0.252. The summed E-state index contributed by atoms with van der Waals surface area (Å²) < 4.78 is 7.24. The minimum atomic E-state index is -0.319. The number of amides is 1. The Kier molecular flexibility index (Phi) is 4.06. The molecule has 1 heterocycles. The van der Waals surface area contributed by atoms with Crippen LogP contribution in [0.4, 0.5) is 5.69 Å². The van der Waals surface area contributed by atoms with Gasteiger partial charge in [0.25, 0.3) is 5.91 Å². The molecule has 0 unspecified atom stereocenters. The third-order valence-electron chi connectivity index (χ3n) is 2.88. The quantitative estimate of drug-likeness (QED) is 0.554. The van der Waals surface area contributed by atoms with E-state index in [1.165, 1.54) is 0 Å². The number of hydrogen-bond acceptors (Lipinski definition) is 2. The zero-order chi connectivity index (χ0) is 15.0. The third kappa shape index (κ3) is 3.15. The van der Waals surface area contributed by atoms with Crippen LogP contribution in [0.25, 0.3) is 11.0 Å². The molecule has 0 atom stereocenters. The van der Waals surface area contributed by atoms with E-state index in [1.807, 2.05) is 18.2 Å². The van der Waals surface area contributed by atoms with Crippen LogP contribution in [0.3, 0.4) is 0 Å². The lowest BCUT2D eigenvalue weighted by Crippen LogP contribution is -2.10. The summed E-state index contributed by atoms with van der Waals surface area (Å²) in [5.41, 5.74) is 1.27. The molecule has 0 aliphatic rings. The molecule has 1 N–H and O–H groups in total. The van der Waals surface area contributed by atoms with E-state index in [9.17, 15) is 4.79 Å². The van der Waals surface area contributed by atoms with Gasteiger partial charge in [-0.1, -0.05) is 27.5 Å². The fraction of sp³-hybridized carbons (Fsp3) is 0. The van der Waals surface area contributed by atoms with Gasteiger partial charge >= 0.3 is 0 Å². The van der Waals surface area contributed by atoms with Crippen LogP contribution < -0.4 is 5.32 Å². The Hall–Kier alpha value is -1.30. The molecule has 0 bridgehead atoms. The summed E-state index contributed by atoms with van der Waals surface area (Å²) in [6, 6.07) is 12.5. The van der Waals surface area contributed by atoms with Crippen molar-refractivity contribution < 1.29 is 9.21 Å². The lowest BCUT2D eigenvalue weighted by molar-refractivity contribution is 0.0998. The Labute approximate surface area is 142 Å². The maximum atomic E-state index is 12.2. The Morgan fingerprint density at radius 1 is 1.10 bits per heavy atom. The third-order valence-corrected chi connectivity index (χ3v) is 4.61. The molecular formula is C15H8Br2ClNO2. The summed E-state index contributed by atoms with van der Waals surface area (Å²) in [5.74, 6) is -0.0668. The fourth-order valence-corrected chi connectivity index (χ4v) is 2.70. The van der Waals surface area contributed by atoms with Gasteiger partial charge in [0, 0.05) is 20.0 Å². The predicted molar refractivity (Wildman–Crippen MR) is 91.0 cm³/mol. The monoisotopic (exact) mass is 427 g/mol. The smallest absolute Gasteiger partial charge is 0.291 e. The van der Waals surface area contributed by atoms with Crippen LogP contribution >= 0.6 is 43.5 Å². The molecule has 3 nitrogen and oxygen atoms in total. The number of rotatable bonds is 2. The van der Waals surface area contributed by atoms with Crippen molar-refractivity contribution in [1.82, 2.24) is 0 Å². The summed E-state index contributed by atoms with van der Waals surface area (Å²) in [6.45, 7) is 0. The molecule has 0 aliphatic heterocycles. The summed E-state index contributed by atoms with van der Waals surface area (Å²) in [6.07, 6.45) is 0. The molecule has 21 heavy (non-hydrogen) atoms. The van der Waals surface area contributed by atoms with E-state index in [4.69, 9.17) is 16.0 Å². The first-order valence-corrected chi connectivity index (χ1v) is 7.95. The Morgan fingerprint density at radius 2 is 1.90 bits per heavy atom. The summed E-state index contributed by atoms with van der Waals surface area (Å²) in [5, 5.41) is 4.15. The minimum Gasteiger partial charge on any atom is -0.451 e. The van der Waals surface area contributed by atoms with Gasteiger partial charge in [0.15, 0.2) is 5.76 Å². The van der Waals surface area contributed by atoms with Crippen LogP contribution in [-0.2, 0) is 0 Å². The molecule has 0 aliphatic carbocycles. The number of anilines is 1. The average Bonchev–Trinajstić information content (AvgIpc) is 2.86. The van der Waals surface area contributed by atoms with Crippen molar-refractivity contribution in [1.29, 1.82) is 0 Å². The highest BCUT2D eigenvalue weighted by Crippen LogP contribution is 2.27. The number of carbonyl (C=O) groups is 1. The second-order valence-electron chi connectivity index (χ2n) is 4.38. The van der Waals surface area contributed by atoms with Crippen LogP contribution in [0.15, 0.2) is 55.8 Å². The highest BCUT2D eigenvalue weighted by molar-refractivity contribution is 9.10. The first-order valence-electron chi connectivity index (χ1n) is 5.98. The molecule has 0 fully saturated rings. The van der Waals surface area contributed by atoms with Gasteiger partial charge in [-0.25, -0.2) is 0 Å². The largest absolute Gasteiger partial charge is 0.451 e. The van der Waals surface area contributed by atoms with E-state index < -0.39 is 0 Å². The van der Waals surface area contributed by atoms with Gasteiger partial charge in [0.2, 0.25) is 0 Å². The van der Waals surface area contributed by atoms with Crippen molar-refractivity contribution in [2.45, 2.75) is 0 Å². The first kappa shape index (κ1) is 14.6. The van der Waals surface area contributed by atoms with Crippen LogP contribution in [-0.4, -0.2) is 5.91 Å². The van der Waals surface area contributed by atoms with E-state index in [1.54, 1.807) is 24.3 Å². The zero-order valence-corrected chi connectivity index (χ0v) is 14.4. The number of carbonyl (C=O) groups excluding carboxylic acids is 1. The number of nitrogens with one attached hydrogen (secondary N) is 1. The highest BCUT2D eigenvalue weighted by atomic mass is 79.9. The second-order valence-corrected chi connectivity index (χ2v) is 6.55.